The summed E-state index contributed by atoms with van der Waals surface area (Å²) in [6.45, 7) is 0.213. The van der Waals surface area contributed by atoms with Crippen LogP contribution in [0, 0.1) is 0 Å². The molecule has 2 rings (SSSR count). The van der Waals surface area contributed by atoms with Crippen LogP contribution in [0.1, 0.15) is 21.5 Å². The van der Waals surface area contributed by atoms with Gasteiger partial charge in [0.2, 0.25) is 10.0 Å². The zero-order chi connectivity index (χ0) is 16.0. The zero-order valence-electron chi connectivity index (χ0n) is 12.0. The molecule has 22 heavy (non-hydrogen) atoms. The van der Waals surface area contributed by atoms with Crippen LogP contribution in [0.5, 0.6) is 0 Å². The number of hydrogen-bond donors (Lipinski definition) is 1. The van der Waals surface area contributed by atoms with E-state index < -0.39 is 16.0 Å². The van der Waals surface area contributed by atoms with Gasteiger partial charge in [-0.3, -0.25) is 4.98 Å². The summed E-state index contributed by atoms with van der Waals surface area (Å²) in [4.78, 5) is 15.2. The molecular weight excluding hydrogens is 304 g/mol. The first-order chi connectivity index (χ1) is 10.5. The minimum absolute atomic E-state index is 0.153. The second kappa shape index (κ2) is 7.15. The van der Waals surface area contributed by atoms with Gasteiger partial charge in [0.25, 0.3) is 0 Å². The Hall–Kier alpha value is -2.25. The summed E-state index contributed by atoms with van der Waals surface area (Å²) in [6.07, 6.45) is 3.21. The van der Waals surface area contributed by atoms with Gasteiger partial charge in [0.05, 0.1) is 18.4 Å². The predicted octanol–water partition coefficient (Wildman–Crippen LogP) is 1.49. The van der Waals surface area contributed by atoms with Crippen LogP contribution in [0.4, 0.5) is 0 Å². The lowest BCUT2D eigenvalue weighted by Gasteiger charge is -2.07. The summed E-state index contributed by atoms with van der Waals surface area (Å²) < 4.78 is 31.2. The first-order valence-corrected chi connectivity index (χ1v) is 8.19. The van der Waals surface area contributed by atoms with Gasteiger partial charge in [-0.25, -0.2) is 17.9 Å². The average Bonchev–Trinajstić information content (AvgIpc) is 2.54. The summed E-state index contributed by atoms with van der Waals surface area (Å²) in [6, 6.07) is 9.76. The maximum Gasteiger partial charge on any atom is 0.337 e. The number of ether oxygens (including phenoxy) is 1. The van der Waals surface area contributed by atoms with Crippen molar-refractivity contribution in [2.24, 2.45) is 0 Å². The van der Waals surface area contributed by atoms with Crippen LogP contribution < -0.4 is 4.72 Å². The molecule has 1 aromatic heterocycles. The van der Waals surface area contributed by atoms with Crippen LogP contribution in [0.25, 0.3) is 0 Å². The maximum absolute atomic E-state index is 12.0. The Morgan fingerprint density at radius 3 is 2.32 bits per heavy atom. The first kappa shape index (κ1) is 16.1. The van der Waals surface area contributed by atoms with Crippen LogP contribution in [0.15, 0.2) is 48.8 Å². The van der Waals surface area contributed by atoms with Gasteiger partial charge in [-0.2, -0.15) is 0 Å². The highest BCUT2D eigenvalue weighted by Crippen LogP contribution is 2.09. The molecule has 7 heteroatoms. The molecule has 0 aliphatic heterocycles. The van der Waals surface area contributed by atoms with Gasteiger partial charge in [0.1, 0.15) is 0 Å². The van der Waals surface area contributed by atoms with Gasteiger partial charge in [0, 0.05) is 18.9 Å². The Labute approximate surface area is 129 Å². The number of nitrogens with zero attached hydrogens (tertiary/aromatic N) is 1. The van der Waals surface area contributed by atoms with Gasteiger partial charge < -0.3 is 4.74 Å². The molecule has 0 aliphatic carbocycles. The highest BCUT2D eigenvalue weighted by atomic mass is 32.2. The van der Waals surface area contributed by atoms with Crippen LogP contribution >= 0.6 is 0 Å². The smallest absolute Gasteiger partial charge is 0.337 e. The number of benzene rings is 1. The fourth-order valence-corrected chi connectivity index (χ4v) is 2.94. The lowest BCUT2D eigenvalue weighted by molar-refractivity contribution is 0.0600. The molecule has 0 saturated carbocycles. The molecule has 0 radical (unpaired) electrons. The van der Waals surface area contributed by atoms with E-state index in [0.29, 0.717) is 11.1 Å². The highest BCUT2D eigenvalue weighted by Gasteiger charge is 2.12. The van der Waals surface area contributed by atoms with Crippen LogP contribution in [-0.2, 0) is 27.1 Å². The number of rotatable bonds is 6. The monoisotopic (exact) mass is 320 g/mol. The van der Waals surface area contributed by atoms with Crippen LogP contribution in [-0.4, -0.2) is 26.5 Å². The Morgan fingerprint density at radius 1 is 1.09 bits per heavy atom. The van der Waals surface area contributed by atoms with Crippen LogP contribution in [0.3, 0.4) is 0 Å². The SMILES string of the molecule is COC(=O)c1ccc(CS(=O)(=O)NCc2ccncc2)cc1. The van der Waals surface area contributed by atoms with Crippen molar-refractivity contribution in [1.82, 2.24) is 9.71 Å². The summed E-state index contributed by atoms with van der Waals surface area (Å²) >= 11 is 0. The summed E-state index contributed by atoms with van der Waals surface area (Å²) in [5.74, 6) is -0.607. The largest absolute Gasteiger partial charge is 0.465 e. The zero-order valence-corrected chi connectivity index (χ0v) is 12.8. The number of carbonyl (C=O) groups is 1. The molecule has 0 aliphatic rings. The molecule has 2 aromatic rings. The summed E-state index contributed by atoms with van der Waals surface area (Å²) in [7, 11) is -2.16. The van der Waals surface area contributed by atoms with E-state index >= 15 is 0 Å². The van der Waals surface area contributed by atoms with Gasteiger partial charge >= 0.3 is 5.97 Å². The molecule has 1 heterocycles. The topological polar surface area (TPSA) is 85.4 Å². The minimum Gasteiger partial charge on any atom is -0.465 e. The van der Waals surface area contributed by atoms with Gasteiger partial charge in [-0.15, -0.1) is 0 Å². The summed E-state index contributed by atoms with van der Waals surface area (Å²) in [5.41, 5.74) is 1.81. The third kappa shape index (κ3) is 4.64. The van der Waals surface area contributed by atoms with E-state index in [0.717, 1.165) is 5.56 Å². The van der Waals surface area contributed by atoms with Crippen molar-refractivity contribution in [2.45, 2.75) is 12.3 Å². The lowest BCUT2D eigenvalue weighted by Crippen LogP contribution is -2.24. The number of carbonyl (C=O) groups excluding carboxylic acids is 1. The van der Waals surface area contributed by atoms with Crippen molar-refractivity contribution < 1.29 is 17.9 Å². The first-order valence-electron chi connectivity index (χ1n) is 6.54. The fraction of sp³-hybridized carbons (Fsp3) is 0.200. The van der Waals surface area contributed by atoms with E-state index in [-0.39, 0.29) is 12.3 Å². The Bertz CT molecular complexity index is 728. The second-order valence-electron chi connectivity index (χ2n) is 4.62. The second-order valence-corrected chi connectivity index (χ2v) is 6.43. The Balaban J connectivity index is 1.98. The molecule has 0 atom stereocenters. The third-order valence-electron chi connectivity index (χ3n) is 2.98. The van der Waals surface area contributed by atoms with Crippen LogP contribution in [0.2, 0.25) is 0 Å². The Kier molecular flexibility index (Phi) is 5.24. The van der Waals surface area contributed by atoms with E-state index in [4.69, 9.17) is 0 Å². The number of methoxy groups -OCH3 is 1. The number of nitrogens with one attached hydrogen (secondary N) is 1. The van der Waals surface area contributed by atoms with Crippen molar-refractivity contribution in [1.29, 1.82) is 0 Å². The van der Waals surface area contributed by atoms with Crippen molar-refractivity contribution in [3.63, 3.8) is 0 Å². The van der Waals surface area contributed by atoms with E-state index in [1.165, 1.54) is 7.11 Å². The number of sulfonamides is 1. The maximum atomic E-state index is 12.0. The molecule has 0 unspecified atom stereocenters. The van der Waals surface area contributed by atoms with E-state index in [1.54, 1.807) is 48.8 Å². The number of pyridine rings is 1. The molecule has 6 nitrogen and oxygen atoms in total. The molecule has 0 spiro atoms. The quantitative estimate of drug-likeness (QED) is 0.815. The summed E-state index contributed by atoms with van der Waals surface area (Å²) in [5, 5.41) is 0. The predicted molar refractivity (Wildman–Crippen MR) is 81.5 cm³/mol. The number of hydrogen-bond acceptors (Lipinski definition) is 5. The van der Waals surface area contributed by atoms with Gasteiger partial charge in [0.15, 0.2) is 0 Å². The van der Waals surface area contributed by atoms with Crippen molar-refractivity contribution in [3.8, 4) is 0 Å². The van der Waals surface area contributed by atoms with Gasteiger partial charge in [-0.1, -0.05) is 12.1 Å². The molecule has 116 valence electrons. The molecule has 0 bridgehead atoms. The normalized spacial score (nSPS) is 11.1. The standard InChI is InChI=1S/C15H16N2O4S/c1-21-15(18)14-4-2-13(3-5-14)11-22(19,20)17-10-12-6-8-16-9-7-12/h2-9,17H,10-11H2,1H3. The number of aromatic nitrogens is 1. The molecular formula is C15H16N2O4S. The van der Waals surface area contributed by atoms with E-state index in [1.807, 2.05) is 0 Å². The van der Waals surface area contributed by atoms with Crippen molar-refractivity contribution >= 4 is 16.0 Å². The van der Waals surface area contributed by atoms with Gasteiger partial charge in [-0.05, 0) is 35.4 Å². The van der Waals surface area contributed by atoms with E-state index in [9.17, 15) is 13.2 Å². The molecule has 1 aromatic carbocycles. The molecule has 0 saturated heterocycles. The van der Waals surface area contributed by atoms with Crippen molar-refractivity contribution in [3.05, 3.63) is 65.5 Å². The lowest BCUT2D eigenvalue weighted by atomic mass is 10.1. The van der Waals surface area contributed by atoms with Crippen molar-refractivity contribution in [2.75, 3.05) is 7.11 Å². The molecule has 0 amide bonds. The van der Waals surface area contributed by atoms with E-state index in [2.05, 4.69) is 14.4 Å². The third-order valence-corrected chi connectivity index (χ3v) is 4.27. The fourth-order valence-electron chi connectivity index (χ4n) is 1.82. The highest BCUT2D eigenvalue weighted by molar-refractivity contribution is 7.88. The number of esters is 1. The average molecular weight is 320 g/mol. The molecule has 0 fully saturated rings. The minimum atomic E-state index is -3.46. The Morgan fingerprint density at radius 2 is 1.73 bits per heavy atom. The molecule has 1 N–H and O–H groups in total.